The average molecular weight is 298 g/mol. The minimum atomic E-state index is -3.45. The number of aryl methyl sites for hydroxylation is 1. The summed E-state index contributed by atoms with van der Waals surface area (Å²) >= 11 is 0. The summed E-state index contributed by atoms with van der Waals surface area (Å²) in [5.74, 6) is 0. The van der Waals surface area contributed by atoms with Gasteiger partial charge in [-0.25, -0.2) is 0 Å². The minimum absolute atomic E-state index is 0.334. The van der Waals surface area contributed by atoms with Gasteiger partial charge in [-0.05, 0) is 33.0 Å². The van der Waals surface area contributed by atoms with Gasteiger partial charge in [0.2, 0.25) is 0 Å². The Hall–Kier alpha value is -1.02. The Labute approximate surface area is 121 Å². The standard InChI is InChI=1S/C13H22N4O2S/c1-11-5-4-6-13(14-11)12(2)15-20(18,19)17-9-7-16(3)8-10-17/h4-6,12,15H,7-10H2,1-3H3/t12-/m0/s1. The Kier molecular flexibility index (Phi) is 4.74. The normalized spacial score (nSPS) is 19.9. The van der Waals surface area contributed by atoms with Gasteiger partial charge in [-0.1, -0.05) is 6.07 Å². The molecule has 1 aliphatic rings. The van der Waals surface area contributed by atoms with E-state index in [1.165, 1.54) is 4.31 Å². The molecule has 112 valence electrons. The molecule has 2 heterocycles. The van der Waals surface area contributed by atoms with Crippen LogP contribution in [0.2, 0.25) is 0 Å². The van der Waals surface area contributed by atoms with Gasteiger partial charge in [0, 0.05) is 31.9 Å². The lowest BCUT2D eigenvalue weighted by molar-refractivity contribution is 0.220. The first kappa shape index (κ1) is 15.4. The fourth-order valence-electron chi connectivity index (χ4n) is 2.19. The summed E-state index contributed by atoms with van der Waals surface area (Å²) in [5.41, 5.74) is 1.62. The highest BCUT2D eigenvalue weighted by atomic mass is 32.2. The topological polar surface area (TPSA) is 65.5 Å². The highest BCUT2D eigenvalue weighted by Gasteiger charge is 2.27. The van der Waals surface area contributed by atoms with Gasteiger partial charge >= 0.3 is 0 Å². The minimum Gasteiger partial charge on any atom is -0.304 e. The van der Waals surface area contributed by atoms with Crippen LogP contribution in [0.3, 0.4) is 0 Å². The van der Waals surface area contributed by atoms with Crippen LogP contribution in [0.15, 0.2) is 18.2 Å². The molecule has 7 heteroatoms. The summed E-state index contributed by atoms with van der Waals surface area (Å²) in [6.07, 6.45) is 0. The van der Waals surface area contributed by atoms with Crippen molar-refractivity contribution in [3.63, 3.8) is 0 Å². The monoisotopic (exact) mass is 298 g/mol. The van der Waals surface area contributed by atoms with Crippen molar-refractivity contribution in [3.8, 4) is 0 Å². The van der Waals surface area contributed by atoms with Crippen LogP contribution in [0.25, 0.3) is 0 Å². The molecule has 1 fully saturated rings. The molecule has 1 N–H and O–H groups in total. The maximum Gasteiger partial charge on any atom is 0.280 e. The summed E-state index contributed by atoms with van der Waals surface area (Å²) in [4.78, 5) is 6.48. The molecule has 1 aromatic heterocycles. The number of nitrogens with one attached hydrogen (secondary N) is 1. The van der Waals surface area contributed by atoms with E-state index in [0.717, 1.165) is 24.5 Å². The Morgan fingerprint density at radius 1 is 1.25 bits per heavy atom. The first-order chi connectivity index (χ1) is 9.38. The number of aromatic nitrogens is 1. The molecule has 1 aromatic rings. The number of pyridine rings is 1. The van der Waals surface area contributed by atoms with Crippen LogP contribution in [-0.4, -0.2) is 55.8 Å². The van der Waals surface area contributed by atoms with Crippen LogP contribution >= 0.6 is 0 Å². The molecule has 1 aliphatic heterocycles. The van der Waals surface area contributed by atoms with Crippen molar-refractivity contribution < 1.29 is 8.42 Å². The zero-order valence-electron chi connectivity index (χ0n) is 12.2. The number of hydrogen-bond donors (Lipinski definition) is 1. The first-order valence-electron chi connectivity index (χ1n) is 6.78. The van der Waals surface area contributed by atoms with Crippen LogP contribution < -0.4 is 4.72 Å². The number of hydrogen-bond acceptors (Lipinski definition) is 4. The Bertz CT molecular complexity index is 553. The van der Waals surface area contributed by atoms with Gasteiger partial charge in [0.15, 0.2) is 0 Å². The van der Waals surface area contributed by atoms with E-state index in [1.54, 1.807) is 0 Å². The third-order valence-corrected chi connectivity index (χ3v) is 5.18. The zero-order valence-corrected chi connectivity index (χ0v) is 13.0. The highest BCUT2D eigenvalue weighted by molar-refractivity contribution is 7.87. The fourth-order valence-corrected chi connectivity index (χ4v) is 3.55. The van der Waals surface area contributed by atoms with E-state index >= 15 is 0 Å². The van der Waals surface area contributed by atoms with Gasteiger partial charge in [-0.3, -0.25) is 4.98 Å². The predicted octanol–water partition coefficient (Wildman–Crippen LogP) is 0.533. The van der Waals surface area contributed by atoms with E-state index in [0.29, 0.717) is 13.1 Å². The summed E-state index contributed by atoms with van der Waals surface area (Å²) < 4.78 is 28.9. The number of rotatable bonds is 4. The molecule has 0 radical (unpaired) electrons. The van der Waals surface area contributed by atoms with Crippen molar-refractivity contribution in [3.05, 3.63) is 29.6 Å². The van der Waals surface area contributed by atoms with Crippen LogP contribution in [0.1, 0.15) is 24.4 Å². The molecule has 6 nitrogen and oxygen atoms in total. The van der Waals surface area contributed by atoms with Gasteiger partial charge in [-0.2, -0.15) is 17.4 Å². The second-order valence-corrected chi connectivity index (χ2v) is 6.95. The molecule has 0 bridgehead atoms. The Morgan fingerprint density at radius 2 is 1.90 bits per heavy atom. The second kappa shape index (κ2) is 6.17. The van der Waals surface area contributed by atoms with E-state index in [2.05, 4.69) is 14.6 Å². The molecule has 0 amide bonds. The smallest absolute Gasteiger partial charge is 0.280 e. The lowest BCUT2D eigenvalue weighted by atomic mass is 10.2. The van der Waals surface area contributed by atoms with Crippen molar-refractivity contribution in [2.75, 3.05) is 33.2 Å². The van der Waals surface area contributed by atoms with Crippen molar-refractivity contribution in [2.24, 2.45) is 0 Å². The molecule has 2 rings (SSSR count). The molecule has 0 saturated carbocycles. The van der Waals surface area contributed by atoms with Gasteiger partial charge in [0.25, 0.3) is 10.2 Å². The van der Waals surface area contributed by atoms with E-state index in [1.807, 2.05) is 39.1 Å². The van der Waals surface area contributed by atoms with E-state index in [-0.39, 0.29) is 6.04 Å². The zero-order chi connectivity index (χ0) is 14.8. The Morgan fingerprint density at radius 3 is 2.50 bits per heavy atom. The van der Waals surface area contributed by atoms with Crippen molar-refractivity contribution in [1.82, 2.24) is 18.9 Å². The SMILES string of the molecule is Cc1cccc([C@H](C)NS(=O)(=O)N2CCN(C)CC2)n1. The second-order valence-electron chi connectivity index (χ2n) is 5.25. The van der Waals surface area contributed by atoms with E-state index in [9.17, 15) is 8.42 Å². The van der Waals surface area contributed by atoms with Crippen molar-refractivity contribution in [2.45, 2.75) is 19.9 Å². The van der Waals surface area contributed by atoms with Crippen LogP contribution in [0.5, 0.6) is 0 Å². The van der Waals surface area contributed by atoms with Crippen LogP contribution in [0, 0.1) is 6.92 Å². The van der Waals surface area contributed by atoms with Gasteiger partial charge in [0.05, 0.1) is 11.7 Å². The van der Waals surface area contributed by atoms with Crippen LogP contribution in [0.4, 0.5) is 0 Å². The van der Waals surface area contributed by atoms with Gasteiger partial charge < -0.3 is 4.90 Å². The maximum absolute atomic E-state index is 12.3. The maximum atomic E-state index is 12.3. The third-order valence-electron chi connectivity index (χ3n) is 3.48. The molecule has 0 aromatic carbocycles. The van der Waals surface area contributed by atoms with Crippen molar-refractivity contribution in [1.29, 1.82) is 0 Å². The molecule has 0 aliphatic carbocycles. The Balaban J connectivity index is 2.04. The average Bonchev–Trinajstić information content (AvgIpc) is 2.38. The van der Waals surface area contributed by atoms with Crippen molar-refractivity contribution >= 4 is 10.2 Å². The van der Waals surface area contributed by atoms with Crippen LogP contribution in [-0.2, 0) is 10.2 Å². The number of nitrogens with zero attached hydrogens (tertiary/aromatic N) is 3. The third kappa shape index (κ3) is 3.76. The number of likely N-dealkylation sites (N-methyl/N-ethyl adjacent to an activating group) is 1. The molecule has 0 spiro atoms. The molecule has 1 atom stereocenters. The molecular weight excluding hydrogens is 276 g/mol. The van der Waals surface area contributed by atoms with E-state index < -0.39 is 10.2 Å². The lowest BCUT2D eigenvalue weighted by Crippen LogP contribution is -2.51. The molecule has 0 unspecified atom stereocenters. The summed E-state index contributed by atoms with van der Waals surface area (Å²) in [7, 11) is -1.45. The largest absolute Gasteiger partial charge is 0.304 e. The summed E-state index contributed by atoms with van der Waals surface area (Å²) in [6.45, 7) is 6.29. The lowest BCUT2D eigenvalue weighted by Gasteiger charge is -2.32. The quantitative estimate of drug-likeness (QED) is 0.881. The summed E-state index contributed by atoms with van der Waals surface area (Å²) in [5, 5.41) is 0. The fraction of sp³-hybridized carbons (Fsp3) is 0.615. The van der Waals surface area contributed by atoms with Gasteiger partial charge in [-0.15, -0.1) is 0 Å². The molecule has 1 saturated heterocycles. The van der Waals surface area contributed by atoms with Gasteiger partial charge in [0.1, 0.15) is 0 Å². The first-order valence-corrected chi connectivity index (χ1v) is 8.22. The molecular formula is C13H22N4O2S. The highest BCUT2D eigenvalue weighted by Crippen LogP contribution is 2.13. The van der Waals surface area contributed by atoms with E-state index in [4.69, 9.17) is 0 Å². The predicted molar refractivity (Wildman–Crippen MR) is 78.5 cm³/mol. The number of piperazine rings is 1. The summed E-state index contributed by atoms with van der Waals surface area (Å²) in [6, 6.07) is 5.28. The molecule has 20 heavy (non-hydrogen) atoms.